The maximum atomic E-state index is 14.0. The molecular weight excluding hydrogens is 207 g/mol. The summed E-state index contributed by atoms with van der Waals surface area (Å²) in [5.41, 5.74) is -1.47. The average Bonchev–Trinajstić information content (AvgIpc) is 2.47. The normalized spacial score (nSPS) is 24.7. The van der Waals surface area contributed by atoms with Crippen LogP contribution in [0.3, 0.4) is 0 Å². The third-order valence-corrected chi connectivity index (χ3v) is 2.89. The van der Waals surface area contributed by atoms with Gasteiger partial charge < -0.3 is 5.11 Å². The van der Waals surface area contributed by atoms with Crippen LogP contribution in [0.4, 0.5) is 4.39 Å². The van der Waals surface area contributed by atoms with E-state index < -0.39 is 11.6 Å². The highest BCUT2D eigenvalue weighted by Gasteiger charge is 2.47. The molecule has 0 amide bonds. The number of hydrogen-bond donors (Lipinski definition) is 1. The summed E-state index contributed by atoms with van der Waals surface area (Å²) in [4.78, 5) is 10.8. The molecule has 1 N–H and O–H groups in total. The summed E-state index contributed by atoms with van der Waals surface area (Å²) in [5, 5.41) is 9.01. The summed E-state index contributed by atoms with van der Waals surface area (Å²) in [6, 6.07) is 4.93. The molecule has 2 rings (SSSR count). The van der Waals surface area contributed by atoms with Crippen LogP contribution in [0.15, 0.2) is 18.2 Å². The molecule has 1 aromatic rings. The molecule has 1 aromatic carbocycles. The van der Waals surface area contributed by atoms with Gasteiger partial charge in [0.1, 0.15) is 0 Å². The van der Waals surface area contributed by atoms with Crippen LogP contribution in [-0.2, 0) is 16.9 Å². The monoisotopic (exact) mass is 214 g/mol. The molecule has 0 spiro atoms. The Labute approximate surface area is 85.3 Å². The molecule has 0 bridgehead atoms. The van der Waals surface area contributed by atoms with Crippen LogP contribution in [0.2, 0.25) is 5.02 Å². The highest BCUT2D eigenvalue weighted by Crippen LogP contribution is 2.44. The first-order valence-electron chi connectivity index (χ1n) is 4.26. The fourth-order valence-electron chi connectivity index (χ4n) is 1.87. The first-order chi connectivity index (χ1) is 6.55. The van der Waals surface area contributed by atoms with Gasteiger partial charge in [0, 0.05) is 17.0 Å². The molecule has 0 saturated heterocycles. The minimum absolute atomic E-state index is 0.0264. The zero-order chi connectivity index (χ0) is 10.3. The zero-order valence-corrected chi connectivity index (χ0v) is 8.01. The van der Waals surface area contributed by atoms with Gasteiger partial charge in [0.2, 0.25) is 5.67 Å². The molecule has 0 aliphatic heterocycles. The molecule has 0 saturated carbocycles. The van der Waals surface area contributed by atoms with Gasteiger partial charge in [0.15, 0.2) is 0 Å². The second kappa shape index (κ2) is 2.95. The van der Waals surface area contributed by atoms with E-state index in [1.54, 1.807) is 12.1 Å². The Kier molecular flexibility index (Phi) is 2.00. The molecule has 1 unspecified atom stereocenters. The van der Waals surface area contributed by atoms with Crippen LogP contribution in [0, 0.1) is 0 Å². The number of hydrogen-bond acceptors (Lipinski definition) is 1. The molecule has 0 radical (unpaired) electrons. The Balaban J connectivity index is 2.64. The predicted octanol–water partition coefficient (Wildman–Crippen LogP) is 2.54. The maximum Gasteiger partial charge on any atom is 0.346 e. The number of fused-ring (bicyclic) bond motifs is 1. The summed E-state index contributed by atoms with van der Waals surface area (Å²) in [5.74, 6) is -1.45. The van der Waals surface area contributed by atoms with E-state index in [2.05, 4.69) is 0 Å². The summed E-state index contributed by atoms with van der Waals surface area (Å²) in [6.07, 6.45) is 0.403. The summed E-state index contributed by atoms with van der Waals surface area (Å²) in [6.45, 7) is 0. The predicted molar refractivity (Wildman–Crippen MR) is 50.2 cm³/mol. The largest absolute Gasteiger partial charge is 0.479 e. The number of rotatable bonds is 1. The first kappa shape index (κ1) is 9.46. The van der Waals surface area contributed by atoms with Crippen LogP contribution in [-0.4, -0.2) is 11.1 Å². The van der Waals surface area contributed by atoms with Gasteiger partial charge in [-0.2, -0.15) is 0 Å². The van der Waals surface area contributed by atoms with E-state index in [-0.39, 0.29) is 17.0 Å². The Bertz CT molecular complexity index is 405. The van der Waals surface area contributed by atoms with Gasteiger partial charge in [0.05, 0.1) is 0 Å². The minimum Gasteiger partial charge on any atom is -0.479 e. The number of aryl methyl sites for hydroxylation is 1. The van der Waals surface area contributed by atoms with Crippen LogP contribution in [0.1, 0.15) is 17.5 Å². The fourth-order valence-corrected chi connectivity index (χ4v) is 2.21. The number of carboxylic acid groups (broad SMARTS) is 1. The van der Waals surface area contributed by atoms with Crippen LogP contribution in [0.5, 0.6) is 0 Å². The van der Waals surface area contributed by atoms with Crippen molar-refractivity contribution in [2.45, 2.75) is 18.5 Å². The Morgan fingerprint density at radius 3 is 2.93 bits per heavy atom. The first-order valence-corrected chi connectivity index (χ1v) is 4.63. The van der Waals surface area contributed by atoms with Gasteiger partial charge in [-0.05, 0) is 18.1 Å². The summed E-state index contributed by atoms with van der Waals surface area (Å²) >= 11 is 5.79. The van der Waals surface area contributed by atoms with Crippen molar-refractivity contribution in [1.82, 2.24) is 0 Å². The van der Waals surface area contributed by atoms with Crippen molar-refractivity contribution < 1.29 is 14.3 Å². The van der Waals surface area contributed by atoms with E-state index in [0.717, 1.165) is 0 Å². The van der Waals surface area contributed by atoms with E-state index in [4.69, 9.17) is 16.7 Å². The van der Waals surface area contributed by atoms with Gasteiger partial charge in [-0.1, -0.05) is 23.7 Å². The number of alkyl halides is 1. The number of carboxylic acids is 1. The lowest BCUT2D eigenvalue weighted by Gasteiger charge is -2.16. The molecular formula is C10H8ClFO2. The quantitative estimate of drug-likeness (QED) is 0.780. The number of benzene rings is 1. The van der Waals surface area contributed by atoms with E-state index >= 15 is 0 Å². The Hall–Kier alpha value is -1.09. The van der Waals surface area contributed by atoms with Crippen molar-refractivity contribution in [3.8, 4) is 0 Å². The SMILES string of the molecule is O=C(O)C1(F)CCc2cccc(Cl)c21. The van der Waals surface area contributed by atoms with Crippen molar-refractivity contribution in [2.75, 3.05) is 0 Å². The van der Waals surface area contributed by atoms with Crippen molar-refractivity contribution in [1.29, 1.82) is 0 Å². The number of aliphatic carboxylic acids is 1. The van der Waals surface area contributed by atoms with E-state index in [1.165, 1.54) is 6.07 Å². The Morgan fingerprint density at radius 1 is 1.57 bits per heavy atom. The Morgan fingerprint density at radius 2 is 2.29 bits per heavy atom. The zero-order valence-electron chi connectivity index (χ0n) is 7.26. The van der Waals surface area contributed by atoms with Gasteiger partial charge in [-0.15, -0.1) is 0 Å². The molecule has 0 aromatic heterocycles. The van der Waals surface area contributed by atoms with Crippen molar-refractivity contribution in [2.24, 2.45) is 0 Å². The van der Waals surface area contributed by atoms with Crippen molar-refractivity contribution in [3.05, 3.63) is 34.3 Å². The average molecular weight is 215 g/mol. The highest BCUT2D eigenvalue weighted by molar-refractivity contribution is 6.31. The third kappa shape index (κ3) is 1.12. The van der Waals surface area contributed by atoms with Crippen molar-refractivity contribution in [3.63, 3.8) is 0 Å². The minimum atomic E-state index is -2.30. The van der Waals surface area contributed by atoms with E-state index in [0.29, 0.717) is 12.0 Å². The molecule has 74 valence electrons. The standard InChI is InChI=1S/C10H8ClFO2/c11-7-3-1-2-6-4-5-10(12,8(6)7)9(13)14/h1-3H,4-5H2,(H,13,14). The van der Waals surface area contributed by atoms with Gasteiger partial charge >= 0.3 is 5.97 Å². The van der Waals surface area contributed by atoms with Crippen LogP contribution in [0.25, 0.3) is 0 Å². The topological polar surface area (TPSA) is 37.3 Å². The molecule has 4 heteroatoms. The second-order valence-electron chi connectivity index (χ2n) is 3.38. The van der Waals surface area contributed by atoms with E-state index in [9.17, 15) is 9.18 Å². The molecule has 0 heterocycles. The lowest BCUT2D eigenvalue weighted by Crippen LogP contribution is -2.28. The number of halogens is 2. The second-order valence-corrected chi connectivity index (χ2v) is 3.79. The molecule has 1 aliphatic carbocycles. The highest BCUT2D eigenvalue weighted by atomic mass is 35.5. The van der Waals surface area contributed by atoms with E-state index in [1.807, 2.05) is 0 Å². The molecule has 0 fully saturated rings. The fraction of sp³-hybridized carbons (Fsp3) is 0.300. The van der Waals surface area contributed by atoms with Crippen molar-refractivity contribution >= 4 is 17.6 Å². The maximum absolute atomic E-state index is 14.0. The lowest BCUT2D eigenvalue weighted by molar-refractivity contribution is -0.151. The van der Waals surface area contributed by atoms with Gasteiger partial charge in [-0.3, -0.25) is 0 Å². The molecule has 2 nitrogen and oxygen atoms in total. The third-order valence-electron chi connectivity index (χ3n) is 2.57. The summed E-state index contributed by atoms with van der Waals surface area (Å²) < 4.78 is 14.0. The van der Waals surface area contributed by atoms with Gasteiger partial charge in [-0.25, -0.2) is 9.18 Å². The smallest absolute Gasteiger partial charge is 0.346 e. The lowest BCUT2D eigenvalue weighted by atomic mass is 9.98. The molecule has 1 atom stereocenters. The molecule has 1 aliphatic rings. The van der Waals surface area contributed by atoms with Crippen LogP contribution < -0.4 is 0 Å². The molecule has 14 heavy (non-hydrogen) atoms. The summed E-state index contributed by atoms with van der Waals surface area (Å²) in [7, 11) is 0. The van der Waals surface area contributed by atoms with Gasteiger partial charge in [0.25, 0.3) is 0 Å². The van der Waals surface area contributed by atoms with Crippen LogP contribution >= 0.6 is 11.6 Å². The number of carbonyl (C=O) groups is 1.